The van der Waals surface area contributed by atoms with Crippen molar-refractivity contribution in [1.82, 2.24) is 19.2 Å². The largest absolute Gasteiger partial charge is 0.454 e. The van der Waals surface area contributed by atoms with Gasteiger partial charge in [0.1, 0.15) is 5.82 Å². The molecule has 0 N–H and O–H groups in total. The van der Waals surface area contributed by atoms with Crippen LogP contribution in [0.25, 0.3) is 6.08 Å². The van der Waals surface area contributed by atoms with E-state index in [0.717, 1.165) is 42.8 Å². The van der Waals surface area contributed by atoms with E-state index in [1.54, 1.807) is 13.1 Å². The minimum Gasteiger partial charge on any atom is -0.454 e. The van der Waals surface area contributed by atoms with E-state index in [9.17, 15) is 9.59 Å². The van der Waals surface area contributed by atoms with Crippen LogP contribution in [0.4, 0.5) is 0 Å². The highest BCUT2D eigenvalue weighted by atomic mass is 16.7. The number of hydrogen-bond donors (Lipinski definition) is 0. The van der Waals surface area contributed by atoms with Gasteiger partial charge in [0.05, 0.1) is 0 Å². The minimum absolute atomic E-state index is 0.00493. The Morgan fingerprint density at radius 2 is 1.84 bits per heavy atom. The molecular formula is C23H28N4O4. The number of carbonyl (C=O) groups is 1. The summed E-state index contributed by atoms with van der Waals surface area (Å²) >= 11 is 0. The lowest BCUT2D eigenvalue weighted by Gasteiger charge is -2.31. The monoisotopic (exact) mass is 424 g/mol. The molecule has 1 amide bonds. The van der Waals surface area contributed by atoms with Gasteiger partial charge in [-0.1, -0.05) is 18.9 Å². The Balaban J connectivity index is 1.23. The number of likely N-dealkylation sites (tertiary alicyclic amines) is 1. The molecule has 1 aromatic carbocycles. The molecule has 0 radical (unpaired) electrons. The Bertz CT molecular complexity index is 1060. The van der Waals surface area contributed by atoms with Gasteiger partial charge in [-0.15, -0.1) is 0 Å². The molecule has 1 saturated heterocycles. The van der Waals surface area contributed by atoms with Crippen molar-refractivity contribution in [3.63, 3.8) is 0 Å². The zero-order chi connectivity index (χ0) is 21.4. The fourth-order valence-electron chi connectivity index (χ4n) is 4.93. The van der Waals surface area contributed by atoms with Gasteiger partial charge in [0.2, 0.25) is 12.7 Å². The van der Waals surface area contributed by atoms with Gasteiger partial charge in [0.15, 0.2) is 11.5 Å². The van der Waals surface area contributed by atoms with Gasteiger partial charge in [0, 0.05) is 38.2 Å². The smallest absolute Gasteiger partial charge is 0.345 e. The number of hydrogen-bond acceptors (Lipinski definition) is 5. The van der Waals surface area contributed by atoms with Crippen LogP contribution in [-0.2, 0) is 11.8 Å². The van der Waals surface area contributed by atoms with Crippen LogP contribution in [0.3, 0.4) is 0 Å². The summed E-state index contributed by atoms with van der Waals surface area (Å²) in [6.45, 7) is 1.58. The number of carbonyl (C=O) groups excluding carboxylic acids is 1. The number of aryl methyl sites for hydroxylation is 1. The minimum atomic E-state index is -0.00735. The Morgan fingerprint density at radius 1 is 1.10 bits per heavy atom. The van der Waals surface area contributed by atoms with Gasteiger partial charge in [-0.25, -0.2) is 9.48 Å². The van der Waals surface area contributed by atoms with Crippen molar-refractivity contribution in [3.05, 3.63) is 46.1 Å². The number of benzene rings is 1. The average molecular weight is 425 g/mol. The molecule has 3 heterocycles. The Labute approximate surface area is 181 Å². The van der Waals surface area contributed by atoms with Gasteiger partial charge >= 0.3 is 5.69 Å². The standard InChI is InChI=1S/C23H28N4O4/c1-25-23(29)27(18-4-2-3-5-18)22(24-25)17-10-12-26(13-11-17)21(28)9-7-16-6-8-19-20(14-16)31-15-30-19/h6-9,14,17-18H,2-5,10-13,15H2,1H3/b9-7+. The van der Waals surface area contributed by atoms with Crippen molar-refractivity contribution in [2.45, 2.75) is 50.5 Å². The van der Waals surface area contributed by atoms with E-state index in [4.69, 9.17) is 9.47 Å². The number of ether oxygens (including phenoxy) is 2. The topological polar surface area (TPSA) is 78.6 Å². The van der Waals surface area contributed by atoms with E-state index in [0.29, 0.717) is 18.8 Å². The van der Waals surface area contributed by atoms with Crippen LogP contribution >= 0.6 is 0 Å². The average Bonchev–Trinajstić information content (AvgIpc) is 3.53. The summed E-state index contributed by atoms with van der Waals surface area (Å²) < 4.78 is 14.1. The van der Waals surface area contributed by atoms with E-state index in [1.165, 1.54) is 17.5 Å². The summed E-state index contributed by atoms with van der Waals surface area (Å²) in [6.07, 6.45) is 9.54. The van der Waals surface area contributed by atoms with Gasteiger partial charge in [-0.2, -0.15) is 5.10 Å². The first-order valence-electron chi connectivity index (χ1n) is 11.1. The molecule has 0 bridgehead atoms. The SMILES string of the molecule is Cn1nc(C2CCN(C(=O)/C=C/c3ccc4c(c3)OCO4)CC2)n(C2CCCC2)c1=O. The molecule has 5 rings (SSSR count). The number of piperidine rings is 1. The predicted molar refractivity (Wildman–Crippen MR) is 115 cm³/mol. The van der Waals surface area contributed by atoms with Crippen LogP contribution in [0.1, 0.15) is 61.9 Å². The molecule has 8 heteroatoms. The molecule has 1 aromatic heterocycles. The number of nitrogens with zero attached hydrogens (tertiary/aromatic N) is 4. The molecule has 31 heavy (non-hydrogen) atoms. The van der Waals surface area contributed by atoms with Crippen LogP contribution in [-0.4, -0.2) is 45.0 Å². The van der Waals surface area contributed by atoms with E-state index in [-0.39, 0.29) is 30.3 Å². The maximum absolute atomic E-state index is 12.7. The van der Waals surface area contributed by atoms with Crippen molar-refractivity contribution in [2.75, 3.05) is 19.9 Å². The van der Waals surface area contributed by atoms with E-state index in [1.807, 2.05) is 33.7 Å². The normalized spacial score (nSPS) is 19.6. The quantitative estimate of drug-likeness (QED) is 0.706. The van der Waals surface area contributed by atoms with E-state index >= 15 is 0 Å². The summed E-state index contributed by atoms with van der Waals surface area (Å²) in [4.78, 5) is 27.2. The van der Waals surface area contributed by atoms with Crippen molar-refractivity contribution in [3.8, 4) is 11.5 Å². The maximum atomic E-state index is 12.7. The molecule has 0 spiro atoms. The number of aromatic nitrogens is 3. The fraction of sp³-hybridized carbons (Fsp3) is 0.522. The molecule has 2 fully saturated rings. The third-order valence-electron chi connectivity index (χ3n) is 6.66. The van der Waals surface area contributed by atoms with Crippen molar-refractivity contribution < 1.29 is 14.3 Å². The van der Waals surface area contributed by atoms with Crippen molar-refractivity contribution in [1.29, 1.82) is 0 Å². The first kappa shape index (κ1) is 19.9. The zero-order valence-corrected chi connectivity index (χ0v) is 17.8. The van der Waals surface area contributed by atoms with Crippen LogP contribution in [0, 0.1) is 0 Å². The predicted octanol–water partition coefficient (Wildman–Crippen LogP) is 2.85. The van der Waals surface area contributed by atoms with Crippen LogP contribution in [0.15, 0.2) is 29.1 Å². The van der Waals surface area contributed by atoms with Gasteiger partial charge in [0.25, 0.3) is 0 Å². The molecule has 3 aliphatic rings. The van der Waals surface area contributed by atoms with Gasteiger partial charge in [-0.3, -0.25) is 9.36 Å². The molecule has 1 aliphatic carbocycles. The second-order valence-electron chi connectivity index (χ2n) is 8.62. The molecule has 0 unspecified atom stereocenters. The third-order valence-corrected chi connectivity index (χ3v) is 6.66. The molecular weight excluding hydrogens is 396 g/mol. The molecule has 164 valence electrons. The number of amides is 1. The zero-order valence-electron chi connectivity index (χ0n) is 17.8. The highest BCUT2D eigenvalue weighted by Crippen LogP contribution is 2.34. The first-order chi connectivity index (χ1) is 15.1. The first-order valence-corrected chi connectivity index (χ1v) is 11.1. The van der Waals surface area contributed by atoms with Crippen LogP contribution < -0.4 is 15.2 Å². The third kappa shape index (κ3) is 3.86. The molecule has 1 saturated carbocycles. The summed E-state index contributed by atoms with van der Waals surface area (Å²) in [5.41, 5.74) is 0.897. The molecule has 2 aromatic rings. The molecule has 8 nitrogen and oxygen atoms in total. The number of fused-ring (bicyclic) bond motifs is 1. The Morgan fingerprint density at radius 3 is 2.61 bits per heavy atom. The second kappa shape index (κ2) is 8.24. The highest BCUT2D eigenvalue weighted by molar-refractivity contribution is 5.92. The maximum Gasteiger partial charge on any atom is 0.345 e. The van der Waals surface area contributed by atoms with Gasteiger partial charge in [-0.05, 0) is 49.5 Å². The summed E-state index contributed by atoms with van der Waals surface area (Å²) in [5, 5.41) is 4.58. The fourth-order valence-corrected chi connectivity index (χ4v) is 4.93. The summed E-state index contributed by atoms with van der Waals surface area (Å²) in [7, 11) is 1.73. The lowest BCUT2D eigenvalue weighted by molar-refractivity contribution is -0.127. The highest BCUT2D eigenvalue weighted by Gasteiger charge is 2.31. The van der Waals surface area contributed by atoms with E-state index < -0.39 is 0 Å². The Hall–Kier alpha value is -3.03. The van der Waals surface area contributed by atoms with E-state index in [2.05, 4.69) is 5.10 Å². The second-order valence-corrected chi connectivity index (χ2v) is 8.62. The summed E-state index contributed by atoms with van der Waals surface area (Å²) in [5.74, 6) is 2.57. The number of rotatable bonds is 4. The Kier molecular flexibility index (Phi) is 5.29. The molecule has 0 atom stereocenters. The lowest BCUT2D eigenvalue weighted by atomic mass is 9.95. The van der Waals surface area contributed by atoms with Crippen molar-refractivity contribution >= 4 is 12.0 Å². The summed E-state index contributed by atoms with van der Waals surface area (Å²) in [6, 6.07) is 5.92. The van der Waals surface area contributed by atoms with Crippen molar-refractivity contribution in [2.24, 2.45) is 7.05 Å². The molecule has 2 aliphatic heterocycles. The van der Waals surface area contributed by atoms with Crippen LogP contribution in [0.5, 0.6) is 11.5 Å². The van der Waals surface area contributed by atoms with Crippen LogP contribution in [0.2, 0.25) is 0 Å². The lowest BCUT2D eigenvalue weighted by Crippen LogP contribution is -2.38. The van der Waals surface area contributed by atoms with Gasteiger partial charge < -0.3 is 14.4 Å².